The van der Waals surface area contributed by atoms with Gasteiger partial charge in [-0.2, -0.15) is 0 Å². The maximum absolute atomic E-state index is 13.1. The molecule has 0 bridgehead atoms. The molecule has 5 rings (SSSR count). The lowest BCUT2D eigenvalue weighted by molar-refractivity contribution is -0.125. The Morgan fingerprint density at radius 3 is 2.67 bits per heavy atom. The van der Waals surface area contributed by atoms with Crippen LogP contribution in [-0.2, 0) is 9.53 Å². The number of aromatic nitrogens is 1. The number of nitrogens with zero attached hydrogens (tertiary/aromatic N) is 2. The number of fused-ring (bicyclic) bond motifs is 1. The minimum Gasteiger partial charge on any atom is -0.497 e. The van der Waals surface area contributed by atoms with E-state index in [1.165, 1.54) is 4.90 Å². The van der Waals surface area contributed by atoms with Crippen molar-refractivity contribution >= 4 is 22.9 Å². The number of carbonyl (C=O) groups excluding carboxylic acids is 2. The van der Waals surface area contributed by atoms with Gasteiger partial charge in [0.15, 0.2) is 0 Å². The van der Waals surface area contributed by atoms with Crippen LogP contribution in [0.1, 0.15) is 45.4 Å². The van der Waals surface area contributed by atoms with E-state index in [4.69, 9.17) is 19.2 Å². The molecule has 2 fully saturated rings. The Hall–Kier alpha value is -4.07. The van der Waals surface area contributed by atoms with Gasteiger partial charge in [-0.3, -0.25) is 9.69 Å². The Morgan fingerprint density at radius 2 is 1.93 bits per heavy atom. The third-order valence-electron chi connectivity index (χ3n) is 7.29. The second kappa shape index (κ2) is 12.9. The van der Waals surface area contributed by atoms with E-state index in [1.54, 1.807) is 7.11 Å². The number of pyridine rings is 1. The number of amides is 2. The number of unbranched alkanes of at least 4 members (excludes halogenated alkanes) is 2. The smallest absolute Gasteiger partial charge is 0.410 e. The predicted molar refractivity (Wildman–Crippen MR) is 154 cm³/mol. The van der Waals surface area contributed by atoms with Gasteiger partial charge >= 0.3 is 6.09 Å². The normalized spacial score (nSPS) is 18.7. The van der Waals surface area contributed by atoms with Crippen molar-refractivity contribution in [1.82, 2.24) is 15.2 Å². The van der Waals surface area contributed by atoms with E-state index < -0.39 is 12.1 Å². The summed E-state index contributed by atoms with van der Waals surface area (Å²) in [5.74, 6) is 1.21. The first-order valence-electron chi connectivity index (χ1n) is 14.1. The molecule has 8 nitrogen and oxygen atoms in total. The number of likely N-dealkylation sites (tertiary alicyclic amines) is 1. The van der Waals surface area contributed by atoms with Crippen molar-refractivity contribution < 1.29 is 23.8 Å². The average Bonchev–Trinajstić information content (AvgIpc) is 3.70. The summed E-state index contributed by atoms with van der Waals surface area (Å²) in [6.07, 6.45) is 8.28. The molecule has 40 heavy (non-hydrogen) atoms. The number of allylic oxidation sites excluding steroid dienone is 2. The topological polar surface area (TPSA) is 90.0 Å². The number of hydrogen-bond acceptors (Lipinski definition) is 6. The minimum atomic E-state index is -0.636. The molecule has 8 heteroatoms. The van der Waals surface area contributed by atoms with Crippen LogP contribution in [0.25, 0.3) is 22.2 Å². The van der Waals surface area contributed by atoms with Gasteiger partial charge in [0.2, 0.25) is 5.91 Å². The van der Waals surface area contributed by atoms with Gasteiger partial charge in [0, 0.05) is 35.5 Å². The summed E-state index contributed by atoms with van der Waals surface area (Å²) in [4.78, 5) is 32.6. The molecule has 1 saturated heterocycles. The molecular formula is C32H37N3O5. The van der Waals surface area contributed by atoms with Crippen LogP contribution in [0.5, 0.6) is 11.5 Å². The molecule has 2 amide bonds. The number of methoxy groups -OCH3 is 1. The molecule has 2 aliphatic rings. The van der Waals surface area contributed by atoms with Crippen molar-refractivity contribution in [3.8, 4) is 22.8 Å². The van der Waals surface area contributed by atoms with Crippen molar-refractivity contribution in [1.29, 1.82) is 0 Å². The number of carbonyl (C=O) groups is 2. The van der Waals surface area contributed by atoms with Crippen LogP contribution in [0.3, 0.4) is 0 Å². The van der Waals surface area contributed by atoms with Crippen LogP contribution in [-0.4, -0.2) is 60.3 Å². The summed E-state index contributed by atoms with van der Waals surface area (Å²) in [6, 6.07) is 17.1. The lowest BCUT2D eigenvalue weighted by Gasteiger charge is -2.23. The van der Waals surface area contributed by atoms with Crippen LogP contribution >= 0.6 is 0 Å². The van der Waals surface area contributed by atoms with E-state index >= 15 is 0 Å². The lowest BCUT2D eigenvalue weighted by atomic mass is 10.1. The molecule has 1 N–H and O–H groups in total. The molecule has 2 aromatic carbocycles. The summed E-state index contributed by atoms with van der Waals surface area (Å²) in [7, 11) is 1.63. The van der Waals surface area contributed by atoms with E-state index in [9.17, 15) is 9.59 Å². The van der Waals surface area contributed by atoms with Gasteiger partial charge in [0.05, 0.1) is 31.5 Å². The summed E-state index contributed by atoms with van der Waals surface area (Å²) >= 11 is 0. The van der Waals surface area contributed by atoms with Crippen molar-refractivity contribution in [2.75, 3.05) is 20.3 Å². The highest BCUT2D eigenvalue weighted by Gasteiger charge is 2.43. The minimum absolute atomic E-state index is 0.145. The Bertz CT molecular complexity index is 1360. The van der Waals surface area contributed by atoms with Crippen molar-refractivity contribution in [3.05, 3.63) is 66.7 Å². The molecule has 3 aromatic rings. The third kappa shape index (κ3) is 6.73. The van der Waals surface area contributed by atoms with Gasteiger partial charge in [-0.15, -0.1) is 0 Å². The van der Waals surface area contributed by atoms with Gasteiger partial charge in [0.1, 0.15) is 23.6 Å². The number of nitrogens with one attached hydrogen (secondary N) is 1. The Balaban J connectivity index is 1.36. The molecule has 0 radical (unpaired) electrons. The van der Waals surface area contributed by atoms with Crippen LogP contribution in [0.15, 0.2) is 66.7 Å². The Kier molecular flexibility index (Phi) is 8.84. The zero-order valence-corrected chi connectivity index (χ0v) is 23.2. The first-order chi connectivity index (χ1) is 19.6. The van der Waals surface area contributed by atoms with E-state index in [1.807, 2.05) is 67.6 Å². The highest BCUT2D eigenvalue weighted by molar-refractivity contribution is 5.89. The fourth-order valence-electron chi connectivity index (χ4n) is 4.97. The van der Waals surface area contributed by atoms with Crippen LogP contribution < -0.4 is 14.8 Å². The Labute approximate surface area is 235 Å². The highest BCUT2D eigenvalue weighted by atomic mass is 16.6. The average molecular weight is 544 g/mol. The van der Waals surface area contributed by atoms with Gasteiger partial charge in [0.25, 0.3) is 0 Å². The Morgan fingerprint density at radius 1 is 1.10 bits per heavy atom. The van der Waals surface area contributed by atoms with Crippen molar-refractivity contribution in [2.24, 2.45) is 0 Å². The monoisotopic (exact) mass is 543 g/mol. The van der Waals surface area contributed by atoms with Crippen molar-refractivity contribution in [3.63, 3.8) is 0 Å². The standard InChI is InChI=1S/C32H37N3O5/c1-3-4-5-6-10-17-39-32(37)35-21-25(19-29(35)31(36)33-23-13-14-23)40-30-20-27(22-11-8-7-9-12-22)34-28-18-24(38-2)15-16-26(28)30/h3-4,7-9,11-12,15-16,18,20,23,25,29H,5-6,10,13-14,17,19,21H2,1-2H3,(H,33,36)/b4-3-/t25-,29+/m1/s1. The van der Waals surface area contributed by atoms with E-state index in [2.05, 4.69) is 11.4 Å². The van der Waals surface area contributed by atoms with E-state index in [0.29, 0.717) is 24.5 Å². The molecule has 0 spiro atoms. The molecule has 2 heterocycles. The number of hydrogen-bond donors (Lipinski definition) is 1. The van der Waals surface area contributed by atoms with E-state index in [0.717, 1.165) is 54.3 Å². The van der Waals surface area contributed by atoms with Crippen molar-refractivity contribution in [2.45, 2.75) is 63.6 Å². The quantitative estimate of drug-likeness (QED) is 0.239. The van der Waals surface area contributed by atoms with Crippen LogP contribution in [0.4, 0.5) is 4.79 Å². The largest absolute Gasteiger partial charge is 0.497 e. The fourth-order valence-corrected chi connectivity index (χ4v) is 4.97. The zero-order valence-electron chi connectivity index (χ0n) is 23.2. The number of benzene rings is 2. The summed E-state index contributed by atoms with van der Waals surface area (Å²) in [6.45, 7) is 2.58. The molecule has 1 aromatic heterocycles. The molecule has 1 aliphatic carbocycles. The molecule has 1 aliphatic heterocycles. The molecule has 210 valence electrons. The number of rotatable bonds is 11. The van der Waals surface area contributed by atoms with E-state index in [-0.39, 0.29) is 24.6 Å². The SMILES string of the molecule is C/C=C\CCCCOC(=O)N1C[C@H](Oc2cc(-c3ccccc3)nc3cc(OC)ccc23)C[C@H]1C(=O)NC1CC1. The third-order valence-corrected chi connectivity index (χ3v) is 7.29. The number of ether oxygens (including phenoxy) is 3. The first-order valence-corrected chi connectivity index (χ1v) is 14.1. The second-order valence-corrected chi connectivity index (χ2v) is 10.4. The van der Waals surface area contributed by atoms with Gasteiger partial charge in [-0.25, -0.2) is 9.78 Å². The maximum atomic E-state index is 13.1. The van der Waals surface area contributed by atoms with Gasteiger partial charge in [-0.05, 0) is 51.2 Å². The fraction of sp³-hybridized carbons (Fsp3) is 0.406. The first kappa shape index (κ1) is 27.5. The molecular weight excluding hydrogens is 506 g/mol. The molecule has 2 atom stereocenters. The summed E-state index contributed by atoms with van der Waals surface area (Å²) in [5, 5.41) is 3.89. The summed E-state index contributed by atoms with van der Waals surface area (Å²) in [5.41, 5.74) is 2.47. The maximum Gasteiger partial charge on any atom is 0.410 e. The van der Waals surface area contributed by atoms with Crippen LogP contribution in [0, 0.1) is 0 Å². The summed E-state index contributed by atoms with van der Waals surface area (Å²) < 4.78 is 17.6. The zero-order chi connectivity index (χ0) is 27.9. The highest BCUT2D eigenvalue weighted by Crippen LogP contribution is 2.34. The van der Waals surface area contributed by atoms with Gasteiger partial charge < -0.3 is 19.5 Å². The second-order valence-electron chi connectivity index (χ2n) is 10.4. The molecule has 1 saturated carbocycles. The van der Waals surface area contributed by atoms with Gasteiger partial charge in [-0.1, -0.05) is 42.5 Å². The molecule has 0 unspecified atom stereocenters. The van der Waals surface area contributed by atoms with Crippen LogP contribution in [0.2, 0.25) is 0 Å². The lowest BCUT2D eigenvalue weighted by Crippen LogP contribution is -2.46. The predicted octanol–water partition coefficient (Wildman–Crippen LogP) is 5.89.